The molecule has 0 aliphatic carbocycles. The van der Waals surface area contributed by atoms with Crippen LogP contribution in [0.4, 0.5) is 4.39 Å². The van der Waals surface area contributed by atoms with Gasteiger partial charge in [-0.1, -0.05) is 0 Å². The standard InChI is InChI=1S/C6H3ClF.Sn.H/c7-5-3-1-2-4-6(5)8;;/h2-4H;;. The van der Waals surface area contributed by atoms with E-state index in [2.05, 4.69) is 0 Å². The maximum absolute atomic E-state index is 12.4. The molecule has 0 fully saturated rings. The van der Waals surface area contributed by atoms with Crippen LogP contribution in [0.5, 0.6) is 0 Å². The summed E-state index contributed by atoms with van der Waals surface area (Å²) in [4.78, 5) is 0. The molecule has 3 heteroatoms. The van der Waals surface area contributed by atoms with Crippen molar-refractivity contribution in [2.45, 2.75) is 0 Å². The van der Waals surface area contributed by atoms with Crippen molar-refractivity contribution in [1.82, 2.24) is 0 Å². The molecule has 0 spiro atoms. The van der Waals surface area contributed by atoms with E-state index in [9.17, 15) is 4.39 Å². The fourth-order valence-electron chi connectivity index (χ4n) is 0.512. The molecule has 1 aromatic carbocycles. The Morgan fingerprint density at radius 3 is 2.56 bits per heavy atom. The van der Waals surface area contributed by atoms with Gasteiger partial charge in [0.15, 0.2) is 0 Å². The first-order chi connectivity index (χ1) is 4.20. The first-order valence-corrected chi connectivity index (χ1v) is 4.43. The van der Waals surface area contributed by atoms with E-state index in [1.165, 1.54) is 6.07 Å². The molecule has 2 radical (unpaired) electrons. The van der Waals surface area contributed by atoms with E-state index in [1.54, 1.807) is 12.1 Å². The van der Waals surface area contributed by atoms with Crippen LogP contribution in [0.3, 0.4) is 0 Å². The zero-order valence-electron chi connectivity index (χ0n) is 4.57. The maximum atomic E-state index is 12.4. The topological polar surface area (TPSA) is 0 Å². The van der Waals surface area contributed by atoms with Gasteiger partial charge in [0.2, 0.25) is 0 Å². The van der Waals surface area contributed by atoms with Crippen LogP contribution in [0.25, 0.3) is 0 Å². The fourth-order valence-corrected chi connectivity index (χ4v) is 1.75. The van der Waals surface area contributed by atoms with Crippen LogP contribution in [0.1, 0.15) is 0 Å². The Morgan fingerprint density at radius 1 is 1.44 bits per heavy atom. The number of hydrogen-bond acceptors (Lipinski definition) is 0. The number of hydrogen-bond donors (Lipinski definition) is 0. The van der Waals surface area contributed by atoms with Gasteiger partial charge in [0, 0.05) is 0 Å². The fraction of sp³-hybridized carbons (Fsp3) is 0. The monoisotopic (exact) mass is 250 g/mol. The molecule has 0 heterocycles. The van der Waals surface area contributed by atoms with Crippen molar-refractivity contribution in [3.05, 3.63) is 29.0 Å². The Hall–Kier alpha value is 0.239. The zero-order chi connectivity index (χ0) is 6.85. The van der Waals surface area contributed by atoms with Crippen LogP contribution in [-0.4, -0.2) is 22.5 Å². The molecule has 1 aromatic rings. The van der Waals surface area contributed by atoms with Crippen molar-refractivity contribution < 1.29 is 4.39 Å². The summed E-state index contributed by atoms with van der Waals surface area (Å²) < 4.78 is 13.5. The second kappa shape index (κ2) is 2.88. The number of benzene rings is 1. The number of rotatable bonds is 0. The Morgan fingerprint density at radius 2 is 2.11 bits per heavy atom. The van der Waals surface area contributed by atoms with Gasteiger partial charge in [0.25, 0.3) is 0 Å². The zero-order valence-corrected chi connectivity index (χ0v) is 8.62. The summed E-state index contributed by atoms with van der Waals surface area (Å²) in [7, 11) is 0. The van der Waals surface area contributed by atoms with Crippen molar-refractivity contribution >= 4 is 37.7 Å². The van der Waals surface area contributed by atoms with Crippen LogP contribution in [-0.2, 0) is 0 Å². The molecule has 0 unspecified atom stereocenters. The van der Waals surface area contributed by atoms with Crippen LogP contribution >= 0.6 is 11.6 Å². The van der Waals surface area contributed by atoms with Gasteiger partial charge in [-0.3, -0.25) is 0 Å². The molecular weight excluding hydrogens is 245 g/mol. The SMILES string of the molecule is Fc1cc[c]([SnH])cc1Cl. The van der Waals surface area contributed by atoms with Gasteiger partial charge in [0.05, 0.1) is 0 Å². The van der Waals surface area contributed by atoms with Gasteiger partial charge in [-0.2, -0.15) is 0 Å². The van der Waals surface area contributed by atoms with Crippen LogP contribution in [0.15, 0.2) is 18.2 Å². The molecule has 9 heavy (non-hydrogen) atoms. The van der Waals surface area contributed by atoms with E-state index >= 15 is 0 Å². The third kappa shape index (κ3) is 1.83. The molecule has 0 nitrogen and oxygen atoms in total. The van der Waals surface area contributed by atoms with Gasteiger partial charge >= 0.3 is 71.1 Å². The summed E-state index contributed by atoms with van der Waals surface area (Å²) in [6.45, 7) is 0. The van der Waals surface area contributed by atoms with Crippen LogP contribution in [0, 0.1) is 5.82 Å². The van der Waals surface area contributed by atoms with Crippen molar-refractivity contribution in [2.24, 2.45) is 0 Å². The molecule has 0 saturated carbocycles. The average Bonchev–Trinajstić information content (AvgIpc) is 1.80. The predicted octanol–water partition coefficient (Wildman–Crippen LogP) is 1.01. The van der Waals surface area contributed by atoms with E-state index in [-0.39, 0.29) is 10.8 Å². The van der Waals surface area contributed by atoms with Crippen molar-refractivity contribution in [3.63, 3.8) is 0 Å². The molecule has 0 aliphatic heterocycles. The normalized spacial score (nSPS) is 9.67. The predicted molar refractivity (Wildman–Crippen MR) is 38.2 cm³/mol. The Kier molecular flexibility index (Phi) is 2.35. The third-order valence-electron chi connectivity index (χ3n) is 0.944. The molecule has 0 bridgehead atoms. The molecule has 0 aliphatic rings. The first-order valence-electron chi connectivity index (χ1n) is 2.40. The molecular formula is C6H4ClFSn. The van der Waals surface area contributed by atoms with Gasteiger partial charge < -0.3 is 0 Å². The second-order valence-corrected chi connectivity index (χ2v) is 3.98. The van der Waals surface area contributed by atoms with E-state index in [0.29, 0.717) is 0 Å². The Balaban J connectivity index is 3.17. The van der Waals surface area contributed by atoms with Crippen LogP contribution in [0.2, 0.25) is 5.02 Å². The minimum absolute atomic E-state index is 0.222. The summed E-state index contributed by atoms with van der Waals surface area (Å²) in [5, 5.41) is 0.222. The second-order valence-electron chi connectivity index (χ2n) is 1.67. The molecule has 0 saturated heterocycles. The van der Waals surface area contributed by atoms with Crippen molar-refractivity contribution in [2.75, 3.05) is 0 Å². The molecule has 0 amide bonds. The molecule has 46 valence electrons. The Bertz CT molecular complexity index is 224. The van der Waals surface area contributed by atoms with Gasteiger partial charge in [0.1, 0.15) is 0 Å². The Labute approximate surface area is 71.1 Å². The minimum atomic E-state index is -0.338. The van der Waals surface area contributed by atoms with Crippen molar-refractivity contribution in [3.8, 4) is 0 Å². The average molecular weight is 249 g/mol. The van der Waals surface area contributed by atoms with Gasteiger partial charge in [-0.15, -0.1) is 0 Å². The van der Waals surface area contributed by atoms with E-state index in [0.717, 1.165) is 26.1 Å². The molecule has 1 rings (SSSR count). The first kappa shape index (κ1) is 7.35. The van der Waals surface area contributed by atoms with Gasteiger partial charge in [-0.25, -0.2) is 0 Å². The summed E-state index contributed by atoms with van der Waals surface area (Å²) in [5.41, 5.74) is 0. The van der Waals surface area contributed by atoms with E-state index in [1.807, 2.05) is 0 Å². The molecule has 0 N–H and O–H groups in total. The van der Waals surface area contributed by atoms with E-state index < -0.39 is 0 Å². The molecule has 0 atom stereocenters. The van der Waals surface area contributed by atoms with Gasteiger partial charge in [-0.05, 0) is 0 Å². The quantitative estimate of drug-likeness (QED) is 0.602. The van der Waals surface area contributed by atoms with E-state index in [4.69, 9.17) is 11.6 Å². The summed E-state index contributed by atoms with van der Waals surface area (Å²) >= 11 is 6.44. The summed E-state index contributed by atoms with van der Waals surface area (Å²) in [5.74, 6) is -0.338. The summed E-state index contributed by atoms with van der Waals surface area (Å²) in [6.07, 6.45) is 0. The number of halogens is 2. The van der Waals surface area contributed by atoms with Crippen molar-refractivity contribution in [1.29, 1.82) is 0 Å². The van der Waals surface area contributed by atoms with Crippen LogP contribution < -0.4 is 3.58 Å². The third-order valence-corrected chi connectivity index (χ3v) is 2.26. The molecule has 0 aromatic heterocycles. The summed E-state index contributed by atoms with van der Waals surface area (Å²) in [6, 6.07) is 4.78.